The molecule has 1 aromatic carbocycles. The van der Waals surface area contributed by atoms with E-state index < -0.39 is 10.0 Å². The van der Waals surface area contributed by atoms with Crippen LogP contribution in [0.4, 0.5) is 0 Å². The SMILES string of the molecule is CC1CCC(CN)CN1S(=O)(=O)c1c(C#N)sc2ccccc12. The van der Waals surface area contributed by atoms with Gasteiger partial charge in [-0.15, -0.1) is 11.3 Å². The smallest absolute Gasteiger partial charge is 0.246 e. The summed E-state index contributed by atoms with van der Waals surface area (Å²) < 4.78 is 28.9. The predicted octanol–water partition coefficient (Wildman–Crippen LogP) is 2.52. The molecule has 0 saturated carbocycles. The minimum Gasteiger partial charge on any atom is -0.330 e. The Labute approximate surface area is 140 Å². The molecular formula is C16H19N3O2S2. The van der Waals surface area contributed by atoms with Crippen molar-refractivity contribution in [2.45, 2.75) is 30.7 Å². The van der Waals surface area contributed by atoms with Crippen LogP contribution in [-0.4, -0.2) is 31.9 Å². The highest BCUT2D eigenvalue weighted by Crippen LogP contribution is 2.38. The molecule has 0 amide bonds. The van der Waals surface area contributed by atoms with Crippen LogP contribution in [0.5, 0.6) is 0 Å². The van der Waals surface area contributed by atoms with E-state index in [-0.39, 0.29) is 21.7 Å². The number of thiophene rings is 1. The number of rotatable bonds is 3. The summed E-state index contributed by atoms with van der Waals surface area (Å²) in [5.41, 5.74) is 5.75. The third-order valence-corrected chi connectivity index (χ3v) is 7.74. The molecule has 1 saturated heterocycles. The summed E-state index contributed by atoms with van der Waals surface area (Å²) in [5, 5.41) is 10.0. The van der Waals surface area contributed by atoms with Gasteiger partial charge in [-0.3, -0.25) is 0 Å². The zero-order valence-corrected chi connectivity index (χ0v) is 14.5. The monoisotopic (exact) mass is 349 g/mol. The molecule has 0 spiro atoms. The van der Waals surface area contributed by atoms with E-state index in [2.05, 4.69) is 6.07 Å². The van der Waals surface area contributed by atoms with E-state index in [4.69, 9.17) is 5.73 Å². The minimum absolute atomic E-state index is 0.0759. The molecule has 2 aromatic rings. The number of hydrogen-bond donors (Lipinski definition) is 1. The Balaban J connectivity index is 2.15. The molecule has 7 heteroatoms. The van der Waals surface area contributed by atoms with Gasteiger partial charge in [-0.1, -0.05) is 18.2 Å². The van der Waals surface area contributed by atoms with Crippen LogP contribution < -0.4 is 5.73 Å². The number of sulfonamides is 1. The molecule has 5 nitrogen and oxygen atoms in total. The van der Waals surface area contributed by atoms with E-state index in [1.165, 1.54) is 15.6 Å². The van der Waals surface area contributed by atoms with Crippen LogP contribution >= 0.6 is 11.3 Å². The maximum atomic E-state index is 13.3. The van der Waals surface area contributed by atoms with E-state index in [1.54, 1.807) is 12.1 Å². The van der Waals surface area contributed by atoms with E-state index in [1.807, 2.05) is 19.1 Å². The van der Waals surface area contributed by atoms with Crippen LogP contribution in [0.25, 0.3) is 10.1 Å². The number of nitrogens with zero attached hydrogens (tertiary/aromatic N) is 2. The number of piperidine rings is 1. The second-order valence-electron chi connectivity index (χ2n) is 5.97. The average Bonchev–Trinajstić information content (AvgIpc) is 2.94. The Morgan fingerprint density at radius 2 is 2.13 bits per heavy atom. The van der Waals surface area contributed by atoms with E-state index in [9.17, 15) is 13.7 Å². The number of fused-ring (bicyclic) bond motifs is 1. The second kappa shape index (κ2) is 6.21. The van der Waals surface area contributed by atoms with Gasteiger partial charge in [0.25, 0.3) is 0 Å². The highest BCUT2D eigenvalue weighted by Gasteiger charge is 2.37. The van der Waals surface area contributed by atoms with Crippen LogP contribution in [-0.2, 0) is 10.0 Å². The molecule has 2 atom stereocenters. The third kappa shape index (κ3) is 2.76. The van der Waals surface area contributed by atoms with Gasteiger partial charge in [0.05, 0.1) is 0 Å². The van der Waals surface area contributed by atoms with Crippen LogP contribution in [0.15, 0.2) is 29.2 Å². The Kier molecular flexibility index (Phi) is 4.43. The number of hydrogen-bond acceptors (Lipinski definition) is 5. The highest BCUT2D eigenvalue weighted by molar-refractivity contribution is 7.89. The first-order chi connectivity index (χ1) is 11.0. The molecule has 2 N–H and O–H groups in total. The molecule has 0 radical (unpaired) electrons. The summed E-state index contributed by atoms with van der Waals surface area (Å²) >= 11 is 1.23. The van der Waals surface area contributed by atoms with Crippen molar-refractivity contribution in [3.8, 4) is 6.07 Å². The molecule has 23 heavy (non-hydrogen) atoms. The lowest BCUT2D eigenvalue weighted by Crippen LogP contribution is -2.47. The Morgan fingerprint density at radius 3 is 2.83 bits per heavy atom. The van der Waals surface area contributed by atoms with Crippen LogP contribution in [0, 0.1) is 17.2 Å². The Morgan fingerprint density at radius 1 is 1.39 bits per heavy atom. The zero-order valence-electron chi connectivity index (χ0n) is 12.9. The second-order valence-corrected chi connectivity index (χ2v) is 8.85. The lowest BCUT2D eigenvalue weighted by Gasteiger charge is -2.36. The fraction of sp³-hybridized carbons (Fsp3) is 0.438. The van der Waals surface area contributed by atoms with Crippen molar-refractivity contribution in [2.75, 3.05) is 13.1 Å². The molecule has 0 bridgehead atoms. The van der Waals surface area contributed by atoms with Crippen LogP contribution in [0.2, 0.25) is 0 Å². The molecule has 122 valence electrons. The van der Waals surface area contributed by atoms with Gasteiger partial charge in [0, 0.05) is 22.7 Å². The molecular weight excluding hydrogens is 330 g/mol. The van der Waals surface area contributed by atoms with Crippen molar-refractivity contribution in [3.05, 3.63) is 29.1 Å². The van der Waals surface area contributed by atoms with Crippen LogP contribution in [0.3, 0.4) is 0 Å². The van der Waals surface area contributed by atoms with Gasteiger partial charge in [-0.2, -0.15) is 9.57 Å². The van der Waals surface area contributed by atoms with Crippen LogP contribution in [0.1, 0.15) is 24.6 Å². The molecule has 0 aliphatic carbocycles. The van der Waals surface area contributed by atoms with Crippen molar-refractivity contribution in [2.24, 2.45) is 11.7 Å². The fourth-order valence-electron chi connectivity index (χ4n) is 3.14. The van der Waals surface area contributed by atoms with Gasteiger partial charge in [0.15, 0.2) is 0 Å². The van der Waals surface area contributed by atoms with E-state index in [0.717, 1.165) is 17.5 Å². The molecule has 1 aromatic heterocycles. The van der Waals surface area contributed by atoms with Crippen molar-refractivity contribution in [1.29, 1.82) is 5.26 Å². The first kappa shape index (κ1) is 16.4. The minimum atomic E-state index is -3.71. The summed E-state index contributed by atoms with van der Waals surface area (Å²) in [6.45, 7) is 2.83. The van der Waals surface area contributed by atoms with Gasteiger partial charge < -0.3 is 5.73 Å². The topological polar surface area (TPSA) is 87.2 Å². The third-order valence-electron chi connectivity index (χ3n) is 4.47. The standard InChI is InChI=1S/C16H19N3O2S2/c1-11-6-7-12(8-17)10-19(11)23(20,21)16-13-4-2-3-5-14(13)22-15(16)9-18/h2-5,11-12H,6-8,10,17H2,1H3. The van der Waals surface area contributed by atoms with Crippen molar-refractivity contribution in [3.63, 3.8) is 0 Å². The lowest BCUT2D eigenvalue weighted by atomic mass is 9.96. The van der Waals surface area contributed by atoms with Gasteiger partial charge in [0.1, 0.15) is 15.8 Å². The van der Waals surface area contributed by atoms with Gasteiger partial charge in [0.2, 0.25) is 10.0 Å². The Bertz CT molecular complexity index is 867. The number of nitrogens with two attached hydrogens (primary N) is 1. The molecule has 2 heterocycles. The first-order valence-electron chi connectivity index (χ1n) is 7.62. The summed E-state index contributed by atoms with van der Waals surface area (Å²) in [5.74, 6) is 0.177. The summed E-state index contributed by atoms with van der Waals surface area (Å²) in [7, 11) is -3.71. The normalized spacial score (nSPS) is 23.0. The first-order valence-corrected chi connectivity index (χ1v) is 9.88. The average molecular weight is 349 g/mol. The van der Waals surface area contributed by atoms with Gasteiger partial charge in [-0.25, -0.2) is 8.42 Å². The predicted molar refractivity (Wildman–Crippen MR) is 91.7 cm³/mol. The highest BCUT2D eigenvalue weighted by atomic mass is 32.2. The number of nitriles is 1. The van der Waals surface area contributed by atoms with E-state index >= 15 is 0 Å². The molecule has 2 unspecified atom stereocenters. The van der Waals surface area contributed by atoms with Crippen molar-refractivity contribution >= 4 is 31.4 Å². The van der Waals surface area contributed by atoms with E-state index in [0.29, 0.717) is 18.5 Å². The largest absolute Gasteiger partial charge is 0.330 e. The molecule has 3 rings (SSSR count). The molecule has 1 aliphatic rings. The zero-order chi connectivity index (χ0) is 16.6. The van der Waals surface area contributed by atoms with Gasteiger partial charge >= 0.3 is 0 Å². The van der Waals surface area contributed by atoms with Gasteiger partial charge in [-0.05, 0) is 38.3 Å². The molecule has 1 aliphatic heterocycles. The maximum Gasteiger partial charge on any atom is 0.246 e. The lowest BCUT2D eigenvalue weighted by molar-refractivity contribution is 0.211. The summed E-state index contributed by atoms with van der Waals surface area (Å²) in [6.07, 6.45) is 1.74. The summed E-state index contributed by atoms with van der Waals surface area (Å²) in [6, 6.07) is 9.26. The Hall–Kier alpha value is -1.46. The van der Waals surface area contributed by atoms with Crippen molar-refractivity contribution < 1.29 is 8.42 Å². The summed E-state index contributed by atoms with van der Waals surface area (Å²) in [4.78, 5) is 0.415. The van der Waals surface area contributed by atoms with Crippen molar-refractivity contribution in [1.82, 2.24) is 4.31 Å². The maximum absolute atomic E-state index is 13.3. The molecule has 1 fully saturated rings. The number of benzene rings is 1. The fourth-order valence-corrected chi connectivity index (χ4v) is 6.50. The quantitative estimate of drug-likeness (QED) is 0.922.